The number of imidazole rings is 1. The van der Waals surface area contributed by atoms with Crippen LogP contribution in [-0.2, 0) is 10.4 Å². The molecule has 0 atom stereocenters. The number of halogens is 1. The number of thiazole rings is 1. The van der Waals surface area contributed by atoms with E-state index in [0.717, 1.165) is 71.1 Å². The molecule has 10 nitrogen and oxygen atoms in total. The van der Waals surface area contributed by atoms with E-state index in [4.69, 9.17) is 22.7 Å². The Hall–Kier alpha value is -4.00. The number of aromatic nitrogens is 3. The minimum absolute atomic E-state index is 0.364. The van der Waals surface area contributed by atoms with Gasteiger partial charge in [0.1, 0.15) is 12.4 Å². The number of amides is 2. The highest BCUT2D eigenvalue weighted by Gasteiger charge is 2.25. The van der Waals surface area contributed by atoms with Crippen molar-refractivity contribution in [2.24, 2.45) is 0 Å². The number of nitrogens with zero attached hydrogens (tertiary/aromatic N) is 4. The van der Waals surface area contributed by atoms with Crippen molar-refractivity contribution in [2.75, 3.05) is 50.1 Å². The third-order valence-electron chi connectivity index (χ3n) is 6.38. The van der Waals surface area contributed by atoms with Crippen molar-refractivity contribution in [3.63, 3.8) is 0 Å². The van der Waals surface area contributed by atoms with Gasteiger partial charge < -0.3 is 19.3 Å². The first-order valence-electron chi connectivity index (χ1n) is 15.5. The van der Waals surface area contributed by atoms with E-state index in [0.29, 0.717) is 12.3 Å². The Morgan fingerprint density at radius 1 is 1.18 bits per heavy atom. The van der Waals surface area contributed by atoms with Gasteiger partial charge >= 0.3 is 6.03 Å². The zero-order chi connectivity index (χ0) is 32.7. The first kappa shape index (κ1) is 20.0. The molecule has 1 aliphatic rings. The number of hydrogen-bond acceptors (Lipinski definition) is 8. The minimum atomic E-state index is -3.81. The van der Waals surface area contributed by atoms with Gasteiger partial charge in [0.25, 0.3) is 0 Å². The standard InChI is InChI=1S/C28H29FN6O4S/c1-28(2,29)24-16-25(33-39-24)32-26(36)30-19-5-3-18(4-6-19)21-17-35-22-8-7-20(15-23(22)40-27(35)31-21)38-14-11-34-9-12-37-13-10-34/h3-8,15-17H,9-14H2,1-2H3,(H2,30,32,33,36)/i1D3,2D3. The summed E-state index contributed by atoms with van der Waals surface area (Å²) in [4.78, 5) is 20.4. The van der Waals surface area contributed by atoms with Crippen molar-refractivity contribution in [2.45, 2.75) is 19.4 Å². The van der Waals surface area contributed by atoms with E-state index >= 15 is 4.39 Å². The van der Waals surface area contributed by atoms with Crippen LogP contribution in [-0.4, -0.2) is 64.9 Å². The van der Waals surface area contributed by atoms with Gasteiger partial charge in [-0.25, -0.2) is 14.2 Å². The van der Waals surface area contributed by atoms with Crippen molar-refractivity contribution in [1.82, 2.24) is 19.4 Å². The minimum Gasteiger partial charge on any atom is -0.492 e. The summed E-state index contributed by atoms with van der Waals surface area (Å²) in [6, 6.07) is 12.8. The zero-order valence-electron chi connectivity index (χ0n) is 27.1. The van der Waals surface area contributed by atoms with Crippen LogP contribution in [0.15, 0.2) is 59.3 Å². The Balaban J connectivity index is 1.08. The lowest BCUT2D eigenvalue weighted by atomic mass is 10.1. The van der Waals surface area contributed by atoms with Gasteiger partial charge in [-0.05, 0) is 44.0 Å². The van der Waals surface area contributed by atoms with Gasteiger partial charge in [0.15, 0.2) is 22.2 Å². The molecule has 6 rings (SSSR count). The maximum Gasteiger partial charge on any atom is 0.324 e. The Labute approximate surface area is 242 Å². The van der Waals surface area contributed by atoms with Crippen molar-refractivity contribution in [1.29, 1.82) is 0 Å². The molecule has 4 heterocycles. The van der Waals surface area contributed by atoms with Crippen molar-refractivity contribution in [3.05, 3.63) is 60.5 Å². The van der Waals surface area contributed by atoms with Crippen LogP contribution in [0.4, 0.5) is 20.7 Å². The van der Waals surface area contributed by atoms with Gasteiger partial charge in [0.05, 0.1) is 29.1 Å². The summed E-state index contributed by atoms with van der Waals surface area (Å²) in [7, 11) is 0. The first-order chi connectivity index (χ1) is 21.8. The number of rotatable bonds is 8. The lowest BCUT2D eigenvalue weighted by molar-refractivity contribution is 0.0322. The van der Waals surface area contributed by atoms with E-state index < -0.39 is 31.2 Å². The lowest BCUT2D eigenvalue weighted by Gasteiger charge is -2.26. The van der Waals surface area contributed by atoms with Crippen LogP contribution in [0.3, 0.4) is 0 Å². The van der Waals surface area contributed by atoms with E-state index in [-0.39, 0.29) is 5.82 Å². The predicted molar refractivity (Wildman–Crippen MR) is 152 cm³/mol. The molecule has 40 heavy (non-hydrogen) atoms. The molecule has 0 aliphatic carbocycles. The number of hydrogen-bond donors (Lipinski definition) is 2. The van der Waals surface area contributed by atoms with E-state index in [2.05, 4.69) is 25.2 Å². The lowest BCUT2D eigenvalue weighted by Crippen LogP contribution is -2.38. The number of urea groups is 1. The molecule has 2 amide bonds. The molecule has 0 radical (unpaired) electrons. The third kappa shape index (κ3) is 5.79. The average Bonchev–Trinajstić information content (AvgIpc) is 3.71. The van der Waals surface area contributed by atoms with Crippen LogP contribution in [0.5, 0.6) is 5.75 Å². The molecule has 0 bridgehead atoms. The van der Waals surface area contributed by atoms with Gasteiger partial charge in [0, 0.05) is 51.4 Å². The number of benzene rings is 2. The smallest absolute Gasteiger partial charge is 0.324 e. The third-order valence-corrected chi connectivity index (χ3v) is 7.39. The maximum atomic E-state index is 15.2. The van der Waals surface area contributed by atoms with Crippen LogP contribution in [0, 0.1) is 0 Å². The SMILES string of the molecule is [2H]C([2H])([2H])C(F)(c1cc(NC(=O)Nc2ccc(-c3cn4c(n3)sc3cc(OCCN5CCOCC5)ccc34)cc2)no1)C([2H])([2H])[2H]. The van der Waals surface area contributed by atoms with E-state index in [1.54, 1.807) is 35.6 Å². The van der Waals surface area contributed by atoms with E-state index in [1.165, 1.54) is 0 Å². The molecule has 208 valence electrons. The van der Waals surface area contributed by atoms with Crippen molar-refractivity contribution >= 4 is 44.1 Å². The normalized spacial score (nSPS) is 17.4. The van der Waals surface area contributed by atoms with E-state index in [1.807, 2.05) is 28.8 Å². The van der Waals surface area contributed by atoms with Crippen LogP contribution in [0.25, 0.3) is 26.4 Å². The molecular formula is C28H29FN6O4S. The molecule has 0 spiro atoms. The summed E-state index contributed by atoms with van der Waals surface area (Å²) in [6.07, 6.45) is 1.94. The molecule has 1 fully saturated rings. The van der Waals surface area contributed by atoms with Crippen molar-refractivity contribution in [3.8, 4) is 17.0 Å². The topological polar surface area (TPSA) is 106 Å². The summed E-state index contributed by atoms with van der Waals surface area (Å²) in [6.45, 7) is -2.33. The Kier molecular flexibility index (Phi) is 5.43. The molecule has 1 saturated heterocycles. The van der Waals surface area contributed by atoms with Crippen molar-refractivity contribution < 1.29 is 31.4 Å². The molecule has 12 heteroatoms. The molecule has 5 aromatic rings. The second-order valence-electron chi connectivity index (χ2n) is 9.20. The van der Waals surface area contributed by atoms with E-state index in [9.17, 15) is 4.79 Å². The Morgan fingerprint density at radius 3 is 2.80 bits per heavy atom. The number of anilines is 2. The number of nitrogens with one attached hydrogen (secondary N) is 2. The second kappa shape index (κ2) is 10.9. The number of morpholine rings is 1. The molecule has 2 N–H and O–H groups in total. The van der Waals surface area contributed by atoms with Crippen LogP contribution >= 0.6 is 11.3 Å². The molecule has 3 aromatic heterocycles. The maximum absolute atomic E-state index is 15.2. The first-order valence-corrected chi connectivity index (χ1v) is 13.3. The molecule has 1 aliphatic heterocycles. The molecular weight excluding hydrogens is 535 g/mol. The second-order valence-corrected chi connectivity index (χ2v) is 10.2. The summed E-state index contributed by atoms with van der Waals surface area (Å²) < 4.78 is 78.6. The molecule has 0 unspecified atom stereocenters. The Bertz CT molecular complexity index is 1840. The van der Waals surface area contributed by atoms with Gasteiger partial charge in [0.2, 0.25) is 0 Å². The van der Waals surface area contributed by atoms with Crippen LogP contribution in [0.2, 0.25) is 0 Å². The zero-order valence-corrected chi connectivity index (χ0v) is 22.0. The summed E-state index contributed by atoms with van der Waals surface area (Å²) in [5.41, 5.74) is -0.847. The highest BCUT2D eigenvalue weighted by molar-refractivity contribution is 7.23. The fraction of sp³-hybridized carbons (Fsp3) is 0.321. The predicted octanol–water partition coefficient (Wildman–Crippen LogP) is 5.76. The number of ether oxygens (including phenoxy) is 2. The monoisotopic (exact) mass is 570 g/mol. The average molecular weight is 571 g/mol. The number of carbonyl (C=O) groups excluding carboxylic acids is 1. The highest BCUT2D eigenvalue weighted by atomic mass is 32.1. The molecule has 0 saturated carbocycles. The summed E-state index contributed by atoms with van der Waals surface area (Å²) in [5, 5.41) is 8.25. The summed E-state index contributed by atoms with van der Waals surface area (Å²) in [5.74, 6) is -0.604. The van der Waals surface area contributed by atoms with Gasteiger partial charge in [-0.2, -0.15) is 0 Å². The van der Waals surface area contributed by atoms with Crippen LogP contribution in [0.1, 0.15) is 27.7 Å². The fourth-order valence-electron chi connectivity index (χ4n) is 4.33. The highest BCUT2D eigenvalue weighted by Crippen LogP contribution is 2.32. The fourth-order valence-corrected chi connectivity index (χ4v) is 5.36. The number of fused-ring (bicyclic) bond motifs is 3. The van der Waals surface area contributed by atoms with Crippen LogP contribution < -0.4 is 15.4 Å². The Morgan fingerprint density at radius 2 is 2.00 bits per heavy atom. The van der Waals surface area contributed by atoms with Gasteiger partial charge in [-0.3, -0.25) is 14.6 Å². The number of alkyl halides is 1. The van der Waals surface area contributed by atoms with Gasteiger partial charge in [-0.1, -0.05) is 28.6 Å². The molecule has 2 aromatic carbocycles. The largest absolute Gasteiger partial charge is 0.492 e. The quantitative estimate of drug-likeness (QED) is 0.244. The van der Waals surface area contributed by atoms with Gasteiger partial charge in [-0.15, -0.1) is 0 Å². The number of carbonyl (C=O) groups is 1. The summed E-state index contributed by atoms with van der Waals surface area (Å²) >= 11 is 1.55.